The van der Waals surface area contributed by atoms with Crippen LogP contribution in [0.1, 0.15) is 51.0 Å². The minimum atomic E-state index is -0.743. The number of hydrogen-bond donors (Lipinski definition) is 1. The van der Waals surface area contributed by atoms with Crippen LogP contribution in [-0.2, 0) is 10.2 Å². The Labute approximate surface area is 126 Å². The summed E-state index contributed by atoms with van der Waals surface area (Å²) in [6.07, 6.45) is 6.20. The second kappa shape index (κ2) is 5.70. The zero-order valence-corrected chi connectivity index (χ0v) is 12.7. The molecule has 1 aromatic rings. The van der Waals surface area contributed by atoms with Crippen molar-refractivity contribution in [1.82, 2.24) is 0 Å². The summed E-state index contributed by atoms with van der Waals surface area (Å²) in [6.45, 7) is 2.75. The van der Waals surface area contributed by atoms with E-state index >= 15 is 0 Å². The quantitative estimate of drug-likeness (QED) is 0.914. The Balaban J connectivity index is 1.97. The Hall–Kier alpha value is -1.51. The fraction of sp³-hybridized carbons (Fsp3) is 0.611. The van der Waals surface area contributed by atoms with Crippen LogP contribution in [0.25, 0.3) is 0 Å². The number of para-hydroxylation sites is 1. The number of hydrogen-bond acceptors (Lipinski definition) is 2. The molecule has 0 amide bonds. The average Bonchev–Trinajstić information content (AvgIpc) is 2.54. The standard InChI is InChI=1S/C18H24O3/c1-2-13-7-9-14(10-8-13)18(17(19)20)11-12-21-16-6-4-3-5-15(16)18/h3-6,13-14H,2,7-12H2,1H3,(H,19,20). The second-order valence-corrected chi connectivity index (χ2v) is 6.50. The van der Waals surface area contributed by atoms with Gasteiger partial charge in [0.05, 0.1) is 6.61 Å². The molecule has 21 heavy (non-hydrogen) atoms. The molecule has 2 aliphatic rings. The van der Waals surface area contributed by atoms with Gasteiger partial charge >= 0.3 is 5.97 Å². The van der Waals surface area contributed by atoms with Crippen LogP contribution in [-0.4, -0.2) is 17.7 Å². The van der Waals surface area contributed by atoms with Crippen LogP contribution in [0.5, 0.6) is 5.75 Å². The van der Waals surface area contributed by atoms with Gasteiger partial charge in [-0.3, -0.25) is 4.79 Å². The van der Waals surface area contributed by atoms with E-state index < -0.39 is 11.4 Å². The van der Waals surface area contributed by atoms with Gasteiger partial charge in [0.1, 0.15) is 11.2 Å². The van der Waals surface area contributed by atoms with E-state index in [4.69, 9.17) is 4.74 Å². The molecular formula is C18H24O3. The molecule has 114 valence electrons. The van der Waals surface area contributed by atoms with Gasteiger partial charge in [-0.15, -0.1) is 0 Å². The lowest BCUT2D eigenvalue weighted by Gasteiger charge is -2.44. The first-order valence-corrected chi connectivity index (χ1v) is 8.14. The van der Waals surface area contributed by atoms with Crippen LogP contribution in [0.15, 0.2) is 24.3 Å². The summed E-state index contributed by atoms with van der Waals surface area (Å²) in [5.74, 6) is 1.12. The molecule has 0 saturated heterocycles. The summed E-state index contributed by atoms with van der Waals surface area (Å²) in [5, 5.41) is 10.1. The van der Waals surface area contributed by atoms with E-state index in [1.54, 1.807) is 0 Å². The molecule has 0 bridgehead atoms. The Morgan fingerprint density at radius 2 is 2.00 bits per heavy atom. The third-order valence-electron chi connectivity index (χ3n) is 5.62. The van der Waals surface area contributed by atoms with Gasteiger partial charge in [-0.1, -0.05) is 44.4 Å². The zero-order chi connectivity index (χ0) is 14.9. The van der Waals surface area contributed by atoms with Crippen molar-refractivity contribution in [1.29, 1.82) is 0 Å². The van der Waals surface area contributed by atoms with E-state index in [0.717, 1.165) is 30.1 Å². The van der Waals surface area contributed by atoms with E-state index in [9.17, 15) is 9.90 Å². The third kappa shape index (κ3) is 2.33. The molecule has 1 aliphatic heterocycles. The molecule has 0 spiro atoms. The maximum Gasteiger partial charge on any atom is 0.314 e. The molecule has 1 aliphatic carbocycles. The van der Waals surface area contributed by atoms with Crippen molar-refractivity contribution >= 4 is 5.97 Å². The molecule has 3 heteroatoms. The van der Waals surface area contributed by atoms with Crippen molar-refractivity contribution in [3.8, 4) is 5.75 Å². The summed E-state index contributed by atoms with van der Waals surface area (Å²) < 4.78 is 5.70. The topological polar surface area (TPSA) is 46.5 Å². The fourth-order valence-corrected chi connectivity index (χ4v) is 4.30. The monoisotopic (exact) mass is 288 g/mol. The Bertz CT molecular complexity index is 517. The molecule has 1 heterocycles. The maximum atomic E-state index is 12.2. The lowest BCUT2D eigenvalue weighted by atomic mass is 9.61. The van der Waals surface area contributed by atoms with Gasteiger partial charge < -0.3 is 9.84 Å². The van der Waals surface area contributed by atoms with Crippen molar-refractivity contribution in [2.24, 2.45) is 11.8 Å². The Kier molecular flexibility index (Phi) is 3.92. The lowest BCUT2D eigenvalue weighted by Crippen LogP contribution is -2.47. The molecule has 1 aromatic carbocycles. The van der Waals surface area contributed by atoms with Gasteiger partial charge in [-0.25, -0.2) is 0 Å². The third-order valence-corrected chi connectivity index (χ3v) is 5.62. The van der Waals surface area contributed by atoms with Crippen LogP contribution >= 0.6 is 0 Å². The highest BCUT2D eigenvalue weighted by molar-refractivity contribution is 5.83. The number of aliphatic carboxylic acids is 1. The smallest absolute Gasteiger partial charge is 0.314 e. The summed E-state index contributed by atoms with van der Waals surface area (Å²) >= 11 is 0. The summed E-state index contributed by atoms with van der Waals surface area (Å²) in [6, 6.07) is 7.71. The zero-order valence-electron chi connectivity index (χ0n) is 12.7. The van der Waals surface area contributed by atoms with E-state index in [2.05, 4.69) is 6.92 Å². The number of benzene rings is 1. The molecule has 0 radical (unpaired) electrons. The SMILES string of the molecule is CCC1CCC(C2(C(=O)O)CCOc3ccccc32)CC1. The van der Waals surface area contributed by atoms with Crippen molar-refractivity contribution in [2.75, 3.05) is 6.61 Å². The molecular weight excluding hydrogens is 264 g/mol. The average molecular weight is 288 g/mol. The van der Waals surface area contributed by atoms with Gasteiger partial charge in [-0.2, -0.15) is 0 Å². The predicted molar refractivity (Wildman–Crippen MR) is 81.6 cm³/mol. The van der Waals surface area contributed by atoms with E-state index in [1.807, 2.05) is 24.3 Å². The molecule has 1 N–H and O–H groups in total. The normalized spacial score (nSPS) is 32.0. The molecule has 3 rings (SSSR count). The molecule has 1 fully saturated rings. The minimum absolute atomic E-state index is 0.239. The van der Waals surface area contributed by atoms with Crippen molar-refractivity contribution in [2.45, 2.75) is 50.9 Å². The molecule has 1 atom stereocenters. The highest BCUT2D eigenvalue weighted by Crippen LogP contribution is 2.49. The maximum absolute atomic E-state index is 12.2. The van der Waals surface area contributed by atoms with Crippen LogP contribution in [0.4, 0.5) is 0 Å². The van der Waals surface area contributed by atoms with Crippen LogP contribution in [0.3, 0.4) is 0 Å². The van der Waals surface area contributed by atoms with E-state index in [-0.39, 0.29) is 5.92 Å². The van der Waals surface area contributed by atoms with Gasteiger partial charge in [0, 0.05) is 12.0 Å². The molecule has 3 nitrogen and oxygen atoms in total. The highest BCUT2D eigenvalue weighted by Gasteiger charge is 2.51. The van der Waals surface area contributed by atoms with Crippen LogP contribution in [0.2, 0.25) is 0 Å². The number of fused-ring (bicyclic) bond motifs is 1. The highest BCUT2D eigenvalue weighted by atomic mass is 16.5. The first kappa shape index (κ1) is 14.4. The summed E-state index contributed by atoms with van der Waals surface area (Å²) in [4.78, 5) is 12.2. The van der Waals surface area contributed by atoms with Crippen LogP contribution < -0.4 is 4.74 Å². The van der Waals surface area contributed by atoms with E-state index in [1.165, 1.54) is 19.3 Å². The number of ether oxygens (including phenoxy) is 1. The first-order valence-electron chi connectivity index (χ1n) is 8.14. The van der Waals surface area contributed by atoms with Gasteiger partial charge in [0.25, 0.3) is 0 Å². The second-order valence-electron chi connectivity index (χ2n) is 6.50. The number of rotatable bonds is 3. The predicted octanol–water partition coefficient (Wildman–Crippen LogP) is 4.01. The molecule has 1 unspecified atom stereocenters. The van der Waals surface area contributed by atoms with Crippen molar-refractivity contribution in [3.63, 3.8) is 0 Å². The fourth-order valence-electron chi connectivity index (χ4n) is 4.30. The summed E-state index contributed by atoms with van der Waals surface area (Å²) in [7, 11) is 0. The Morgan fingerprint density at radius 1 is 1.29 bits per heavy atom. The van der Waals surface area contributed by atoms with E-state index in [0.29, 0.717) is 13.0 Å². The lowest BCUT2D eigenvalue weighted by molar-refractivity contribution is -0.148. The first-order chi connectivity index (χ1) is 10.2. The van der Waals surface area contributed by atoms with Gasteiger partial charge in [0.15, 0.2) is 0 Å². The van der Waals surface area contributed by atoms with Crippen molar-refractivity contribution in [3.05, 3.63) is 29.8 Å². The minimum Gasteiger partial charge on any atom is -0.493 e. The largest absolute Gasteiger partial charge is 0.493 e. The number of carbonyl (C=O) groups is 1. The number of carboxylic acid groups (broad SMARTS) is 1. The summed E-state index contributed by atoms with van der Waals surface area (Å²) in [5.41, 5.74) is 0.150. The van der Waals surface area contributed by atoms with Gasteiger partial charge in [0.2, 0.25) is 0 Å². The van der Waals surface area contributed by atoms with Crippen LogP contribution in [0, 0.1) is 11.8 Å². The Morgan fingerprint density at radius 3 is 2.67 bits per heavy atom. The molecule has 0 aromatic heterocycles. The number of carboxylic acids is 1. The van der Waals surface area contributed by atoms with Gasteiger partial charge in [-0.05, 0) is 30.7 Å². The van der Waals surface area contributed by atoms with Crippen molar-refractivity contribution < 1.29 is 14.6 Å². The molecule has 1 saturated carbocycles.